The molecule has 0 N–H and O–H groups in total. The van der Waals surface area contributed by atoms with Crippen molar-refractivity contribution < 1.29 is 4.79 Å². The molecule has 4 nitrogen and oxygen atoms in total. The molecule has 0 radical (unpaired) electrons. The van der Waals surface area contributed by atoms with Gasteiger partial charge in [0.1, 0.15) is 21.4 Å². The third-order valence-corrected chi connectivity index (χ3v) is 5.30. The highest BCUT2D eigenvalue weighted by atomic mass is 32.2. The number of benzene rings is 1. The monoisotopic (exact) mass is 329 g/mol. The third-order valence-electron chi connectivity index (χ3n) is 3.22. The van der Waals surface area contributed by atoms with Crippen LogP contribution in [0.1, 0.15) is 10.8 Å². The lowest BCUT2D eigenvalue weighted by atomic mass is 10.1. The summed E-state index contributed by atoms with van der Waals surface area (Å²) in [6, 6.07) is 11.8. The van der Waals surface area contributed by atoms with E-state index in [0.717, 1.165) is 20.8 Å². The third kappa shape index (κ3) is 2.98. The second kappa shape index (κ2) is 6.46. The molecule has 0 fully saturated rings. The number of amides is 1. The van der Waals surface area contributed by atoms with E-state index in [2.05, 4.69) is 9.97 Å². The molecule has 3 rings (SSSR count). The van der Waals surface area contributed by atoms with E-state index in [4.69, 9.17) is 0 Å². The van der Waals surface area contributed by atoms with Crippen LogP contribution in [0.2, 0.25) is 0 Å². The zero-order chi connectivity index (χ0) is 15.5. The fourth-order valence-electron chi connectivity index (χ4n) is 2.10. The molecule has 0 bridgehead atoms. The number of hydrogen-bond donors (Lipinski definition) is 0. The van der Waals surface area contributed by atoms with Crippen LogP contribution in [0.5, 0.6) is 0 Å². The first-order chi connectivity index (χ1) is 10.7. The predicted molar refractivity (Wildman–Crippen MR) is 91.1 cm³/mol. The Kier molecular flexibility index (Phi) is 4.40. The van der Waals surface area contributed by atoms with Crippen LogP contribution in [-0.2, 0) is 4.79 Å². The molecular formula is C16H15N3OS2. The summed E-state index contributed by atoms with van der Waals surface area (Å²) in [5, 5.41) is 3.53. The summed E-state index contributed by atoms with van der Waals surface area (Å²) in [5.41, 5.74) is 0.980. The van der Waals surface area contributed by atoms with Crippen LogP contribution in [0.4, 0.5) is 0 Å². The fourth-order valence-corrected chi connectivity index (χ4v) is 4.12. The van der Waals surface area contributed by atoms with Crippen molar-refractivity contribution in [3.8, 4) is 0 Å². The summed E-state index contributed by atoms with van der Waals surface area (Å²) in [7, 11) is 3.55. The zero-order valence-electron chi connectivity index (χ0n) is 12.3. The van der Waals surface area contributed by atoms with Crippen molar-refractivity contribution in [2.45, 2.75) is 10.3 Å². The quantitative estimate of drug-likeness (QED) is 0.542. The van der Waals surface area contributed by atoms with E-state index in [1.54, 1.807) is 36.7 Å². The van der Waals surface area contributed by atoms with Gasteiger partial charge in [0.05, 0.1) is 0 Å². The topological polar surface area (TPSA) is 46.1 Å². The minimum atomic E-state index is -0.311. The van der Waals surface area contributed by atoms with E-state index in [0.29, 0.717) is 0 Å². The molecule has 1 amide bonds. The molecule has 0 aliphatic heterocycles. The van der Waals surface area contributed by atoms with Gasteiger partial charge in [-0.05, 0) is 17.0 Å². The van der Waals surface area contributed by atoms with Gasteiger partial charge in [0, 0.05) is 19.5 Å². The van der Waals surface area contributed by atoms with Crippen molar-refractivity contribution in [1.82, 2.24) is 14.9 Å². The van der Waals surface area contributed by atoms with Gasteiger partial charge in [-0.1, -0.05) is 42.1 Å². The van der Waals surface area contributed by atoms with Gasteiger partial charge in [-0.25, -0.2) is 9.97 Å². The Labute approximate surface area is 137 Å². The number of likely N-dealkylation sites (N-methyl/N-ethyl adjacent to an activating group) is 1. The Balaban J connectivity index is 2.00. The highest BCUT2D eigenvalue weighted by molar-refractivity contribution is 8.00. The molecule has 3 aromatic rings. The molecule has 0 saturated carbocycles. The summed E-state index contributed by atoms with van der Waals surface area (Å²) in [6.45, 7) is 0. The number of thiophene rings is 1. The normalized spacial score (nSPS) is 12.3. The maximum absolute atomic E-state index is 12.6. The van der Waals surface area contributed by atoms with E-state index in [9.17, 15) is 4.79 Å². The van der Waals surface area contributed by atoms with Gasteiger partial charge in [-0.2, -0.15) is 0 Å². The molecule has 1 unspecified atom stereocenters. The standard InChI is InChI=1S/C16H15N3OS2/c1-19(2)16(20)13(11-6-4-3-5-7-11)22-15-12-8-9-21-14(12)17-10-18-15/h3-10,13H,1-2H3. The average Bonchev–Trinajstić information content (AvgIpc) is 3.02. The number of carbonyl (C=O) groups excluding carboxylic acids is 1. The van der Waals surface area contributed by atoms with Crippen LogP contribution in [0, 0.1) is 0 Å². The van der Waals surface area contributed by atoms with Crippen LogP contribution in [0.3, 0.4) is 0 Å². The minimum Gasteiger partial charge on any atom is -0.348 e. The SMILES string of the molecule is CN(C)C(=O)C(Sc1ncnc2sccc12)c1ccccc1. The van der Waals surface area contributed by atoms with Gasteiger partial charge in [0.15, 0.2) is 0 Å². The van der Waals surface area contributed by atoms with E-state index >= 15 is 0 Å². The van der Waals surface area contributed by atoms with Gasteiger partial charge in [0.2, 0.25) is 5.91 Å². The van der Waals surface area contributed by atoms with Crippen LogP contribution >= 0.6 is 23.1 Å². The summed E-state index contributed by atoms with van der Waals surface area (Å²) in [6.07, 6.45) is 1.56. The molecule has 1 atom stereocenters. The molecule has 0 spiro atoms. The Morgan fingerprint density at radius 2 is 1.95 bits per heavy atom. The van der Waals surface area contributed by atoms with Crippen LogP contribution in [0.25, 0.3) is 10.2 Å². The van der Waals surface area contributed by atoms with Crippen LogP contribution < -0.4 is 0 Å². The number of nitrogens with zero attached hydrogens (tertiary/aromatic N) is 3. The Hall–Kier alpha value is -1.92. The first kappa shape index (κ1) is 15.0. The number of fused-ring (bicyclic) bond motifs is 1. The number of aromatic nitrogens is 2. The highest BCUT2D eigenvalue weighted by Crippen LogP contribution is 2.38. The molecule has 2 heterocycles. The second-order valence-corrected chi connectivity index (χ2v) is 6.95. The molecule has 0 aliphatic rings. The molecule has 112 valence electrons. The maximum Gasteiger partial charge on any atom is 0.240 e. The van der Waals surface area contributed by atoms with Crippen LogP contribution in [-0.4, -0.2) is 34.9 Å². The second-order valence-electron chi connectivity index (χ2n) is 4.96. The van der Waals surface area contributed by atoms with E-state index in [1.807, 2.05) is 41.8 Å². The molecule has 22 heavy (non-hydrogen) atoms. The predicted octanol–water partition coefficient (Wildman–Crippen LogP) is 3.61. The molecule has 0 saturated heterocycles. The van der Waals surface area contributed by atoms with Gasteiger partial charge in [-0.3, -0.25) is 4.79 Å². The lowest BCUT2D eigenvalue weighted by Crippen LogP contribution is -2.26. The average molecular weight is 329 g/mol. The number of rotatable bonds is 4. The molecule has 1 aromatic carbocycles. The summed E-state index contributed by atoms with van der Waals surface area (Å²) >= 11 is 3.06. The first-order valence-electron chi connectivity index (χ1n) is 6.78. The highest BCUT2D eigenvalue weighted by Gasteiger charge is 2.25. The number of carbonyl (C=O) groups is 1. The summed E-state index contributed by atoms with van der Waals surface area (Å²) in [5.74, 6) is 0.0539. The van der Waals surface area contributed by atoms with Crippen molar-refractivity contribution in [3.05, 3.63) is 53.7 Å². The molecule has 6 heteroatoms. The largest absolute Gasteiger partial charge is 0.348 e. The van der Waals surface area contributed by atoms with Crippen LogP contribution in [0.15, 0.2) is 53.1 Å². The maximum atomic E-state index is 12.6. The number of hydrogen-bond acceptors (Lipinski definition) is 5. The van der Waals surface area contributed by atoms with Crippen molar-refractivity contribution in [3.63, 3.8) is 0 Å². The Morgan fingerprint density at radius 3 is 2.68 bits per heavy atom. The molecular weight excluding hydrogens is 314 g/mol. The first-order valence-corrected chi connectivity index (χ1v) is 8.53. The van der Waals surface area contributed by atoms with E-state index < -0.39 is 0 Å². The van der Waals surface area contributed by atoms with Gasteiger partial charge >= 0.3 is 0 Å². The number of thioether (sulfide) groups is 1. The lowest BCUT2D eigenvalue weighted by molar-refractivity contribution is -0.128. The lowest BCUT2D eigenvalue weighted by Gasteiger charge is -2.20. The minimum absolute atomic E-state index is 0.0539. The van der Waals surface area contributed by atoms with Crippen molar-refractivity contribution in [1.29, 1.82) is 0 Å². The summed E-state index contributed by atoms with van der Waals surface area (Å²) in [4.78, 5) is 23.8. The van der Waals surface area contributed by atoms with E-state index in [-0.39, 0.29) is 11.2 Å². The van der Waals surface area contributed by atoms with Gasteiger partial charge < -0.3 is 4.90 Å². The fraction of sp³-hybridized carbons (Fsp3) is 0.188. The van der Waals surface area contributed by atoms with Crippen molar-refractivity contribution >= 4 is 39.2 Å². The Morgan fingerprint density at radius 1 is 1.18 bits per heavy atom. The molecule has 2 aromatic heterocycles. The van der Waals surface area contributed by atoms with E-state index in [1.165, 1.54) is 11.8 Å². The van der Waals surface area contributed by atoms with Crippen molar-refractivity contribution in [2.24, 2.45) is 0 Å². The van der Waals surface area contributed by atoms with Gasteiger partial charge in [0.25, 0.3) is 0 Å². The molecule has 0 aliphatic carbocycles. The van der Waals surface area contributed by atoms with Gasteiger partial charge in [-0.15, -0.1) is 11.3 Å². The Bertz CT molecular complexity index is 786. The summed E-state index contributed by atoms with van der Waals surface area (Å²) < 4.78 is 0. The zero-order valence-corrected chi connectivity index (χ0v) is 13.9. The van der Waals surface area contributed by atoms with Crippen molar-refractivity contribution in [2.75, 3.05) is 14.1 Å². The smallest absolute Gasteiger partial charge is 0.240 e.